The number of rotatable bonds is 4. The van der Waals surface area contributed by atoms with Crippen LogP contribution in [0.15, 0.2) is 0 Å². The van der Waals surface area contributed by atoms with E-state index in [-0.39, 0.29) is 30.7 Å². The van der Waals surface area contributed by atoms with Crippen LogP contribution in [0.5, 0.6) is 0 Å². The summed E-state index contributed by atoms with van der Waals surface area (Å²) in [5.74, 6) is 1.85. The maximum absolute atomic E-state index is 12.6. The van der Waals surface area contributed by atoms with Crippen molar-refractivity contribution in [3.63, 3.8) is 0 Å². The molecule has 3 rings (SSSR count). The molecular weight excluding hydrogens is 361 g/mol. The van der Waals surface area contributed by atoms with Crippen LogP contribution in [0.25, 0.3) is 0 Å². The van der Waals surface area contributed by atoms with Gasteiger partial charge in [-0.1, -0.05) is 6.92 Å². The molecular formula is C18H35Cl2N3O2. The van der Waals surface area contributed by atoms with Gasteiger partial charge in [0.05, 0.1) is 12.2 Å². The molecule has 3 aliphatic heterocycles. The minimum Gasteiger partial charge on any atom is -0.373 e. The minimum absolute atomic E-state index is 0. The number of amides is 1. The number of nitrogens with zero attached hydrogens (tertiary/aromatic N) is 2. The zero-order valence-electron chi connectivity index (χ0n) is 15.8. The van der Waals surface area contributed by atoms with E-state index in [9.17, 15) is 4.79 Å². The van der Waals surface area contributed by atoms with E-state index >= 15 is 0 Å². The average molecular weight is 396 g/mol. The van der Waals surface area contributed by atoms with Crippen molar-refractivity contribution in [1.82, 2.24) is 15.1 Å². The molecule has 3 atom stereocenters. The summed E-state index contributed by atoms with van der Waals surface area (Å²) in [6.45, 7) is 13.6. The van der Waals surface area contributed by atoms with E-state index in [0.717, 1.165) is 58.0 Å². The van der Waals surface area contributed by atoms with E-state index in [2.05, 4.69) is 35.9 Å². The van der Waals surface area contributed by atoms with Crippen molar-refractivity contribution in [1.29, 1.82) is 0 Å². The van der Waals surface area contributed by atoms with Gasteiger partial charge in [-0.3, -0.25) is 9.69 Å². The van der Waals surface area contributed by atoms with Gasteiger partial charge in [0.2, 0.25) is 5.91 Å². The smallest absolute Gasteiger partial charge is 0.225 e. The predicted octanol–water partition coefficient (Wildman–Crippen LogP) is 2.03. The first-order valence-electron chi connectivity index (χ1n) is 9.40. The second-order valence-electron chi connectivity index (χ2n) is 7.95. The Bertz CT molecular complexity index is 405. The van der Waals surface area contributed by atoms with Crippen LogP contribution in [0.4, 0.5) is 0 Å². The number of nitrogens with one attached hydrogen (secondary N) is 1. The first-order valence-corrected chi connectivity index (χ1v) is 9.40. The van der Waals surface area contributed by atoms with E-state index in [1.165, 1.54) is 6.54 Å². The van der Waals surface area contributed by atoms with Gasteiger partial charge in [-0.25, -0.2) is 0 Å². The molecule has 3 saturated heterocycles. The van der Waals surface area contributed by atoms with Crippen molar-refractivity contribution in [3.05, 3.63) is 0 Å². The van der Waals surface area contributed by atoms with Crippen LogP contribution in [0, 0.1) is 17.8 Å². The molecule has 0 aromatic heterocycles. The van der Waals surface area contributed by atoms with Gasteiger partial charge in [0.1, 0.15) is 0 Å². The first-order chi connectivity index (χ1) is 11.0. The van der Waals surface area contributed by atoms with Crippen molar-refractivity contribution in [2.45, 2.75) is 45.8 Å². The van der Waals surface area contributed by atoms with Crippen molar-refractivity contribution >= 4 is 30.7 Å². The molecule has 0 radical (unpaired) electrons. The molecule has 0 aromatic rings. The Kier molecular flexibility index (Phi) is 9.47. The largest absolute Gasteiger partial charge is 0.373 e. The molecule has 1 amide bonds. The van der Waals surface area contributed by atoms with E-state index in [1.54, 1.807) is 0 Å². The predicted molar refractivity (Wildman–Crippen MR) is 106 cm³/mol. The van der Waals surface area contributed by atoms with Gasteiger partial charge >= 0.3 is 0 Å². The molecule has 0 saturated carbocycles. The summed E-state index contributed by atoms with van der Waals surface area (Å²) in [7, 11) is 0. The van der Waals surface area contributed by atoms with Gasteiger partial charge in [-0.15, -0.1) is 24.8 Å². The molecule has 7 heteroatoms. The summed E-state index contributed by atoms with van der Waals surface area (Å²) in [5.41, 5.74) is 0. The zero-order chi connectivity index (χ0) is 16.4. The summed E-state index contributed by atoms with van der Waals surface area (Å²) in [5, 5.41) is 3.27. The molecule has 0 bridgehead atoms. The number of ether oxygens (including phenoxy) is 1. The van der Waals surface area contributed by atoms with Crippen molar-refractivity contribution < 1.29 is 9.53 Å². The fraction of sp³-hybridized carbons (Fsp3) is 0.944. The standard InChI is InChI=1S/C18H33N3O2.2ClH/c1-13-10-20(11-14(2)23-13)12-16-4-6-21(7-5-16)18(22)15(3)17-8-19-9-17;;/h13-17,19H,4-12H2,1-3H3;2*1H. The minimum atomic E-state index is 0. The molecule has 3 unspecified atom stereocenters. The third-order valence-electron chi connectivity index (χ3n) is 5.85. The Labute approximate surface area is 165 Å². The summed E-state index contributed by atoms with van der Waals surface area (Å²) < 4.78 is 5.82. The number of halogens is 2. The molecule has 0 aromatic carbocycles. The van der Waals surface area contributed by atoms with E-state index in [4.69, 9.17) is 4.74 Å². The normalized spacial score (nSPS) is 30.0. The molecule has 25 heavy (non-hydrogen) atoms. The van der Waals surface area contributed by atoms with Gasteiger partial charge < -0.3 is 15.0 Å². The maximum Gasteiger partial charge on any atom is 0.225 e. The molecule has 3 aliphatic rings. The summed E-state index contributed by atoms with van der Waals surface area (Å²) in [6.07, 6.45) is 3.00. The second-order valence-corrected chi connectivity index (χ2v) is 7.95. The number of hydrogen-bond donors (Lipinski definition) is 1. The number of hydrogen-bond acceptors (Lipinski definition) is 4. The highest BCUT2D eigenvalue weighted by atomic mass is 35.5. The lowest BCUT2D eigenvalue weighted by Gasteiger charge is -2.41. The number of morpholine rings is 1. The molecule has 5 nitrogen and oxygen atoms in total. The van der Waals surface area contributed by atoms with E-state index in [1.807, 2.05) is 0 Å². The van der Waals surface area contributed by atoms with Gasteiger partial charge in [0, 0.05) is 38.6 Å². The van der Waals surface area contributed by atoms with Crippen LogP contribution in [0.1, 0.15) is 33.6 Å². The van der Waals surface area contributed by atoms with Crippen molar-refractivity contribution in [2.24, 2.45) is 17.8 Å². The van der Waals surface area contributed by atoms with Gasteiger partial charge in [0.15, 0.2) is 0 Å². The zero-order valence-corrected chi connectivity index (χ0v) is 17.4. The summed E-state index contributed by atoms with van der Waals surface area (Å²) in [6, 6.07) is 0. The maximum atomic E-state index is 12.6. The fourth-order valence-electron chi connectivity index (χ4n) is 4.29. The lowest BCUT2D eigenvalue weighted by Crippen LogP contribution is -2.52. The number of carbonyl (C=O) groups excluding carboxylic acids is 1. The van der Waals surface area contributed by atoms with Gasteiger partial charge in [0.25, 0.3) is 0 Å². The van der Waals surface area contributed by atoms with E-state index in [0.29, 0.717) is 24.0 Å². The van der Waals surface area contributed by atoms with Crippen LogP contribution in [-0.2, 0) is 9.53 Å². The molecule has 3 fully saturated rings. The van der Waals surface area contributed by atoms with Gasteiger partial charge in [-0.2, -0.15) is 0 Å². The highest BCUT2D eigenvalue weighted by molar-refractivity contribution is 5.85. The van der Waals surface area contributed by atoms with E-state index < -0.39 is 0 Å². The molecule has 148 valence electrons. The SMILES string of the molecule is CC1CN(CC2CCN(C(=O)C(C)C3CNC3)CC2)CC(C)O1.Cl.Cl. The molecule has 3 heterocycles. The van der Waals surface area contributed by atoms with Crippen LogP contribution < -0.4 is 5.32 Å². The van der Waals surface area contributed by atoms with Crippen LogP contribution in [0.3, 0.4) is 0 Å². The van der Waals surface area contributed by atoms with Crippen LogP contribution >= 0.6 is 24.8 Å². The van der Waals surface area contributed by atoms with Crippen molar-refractivity contribution in [3.8, 4) is 0 Å². The Hall–Kier alpha value is -0.0700. The topological polar surface area (TPSA) is 44.8 Å². The summed E-state index contributed by atoms with van der Waals surface area (Å²) in [4.78, 5) is 17.3. The third-order valence-corrected chi connectivity index (χ3v) is 5.85. The lowest BCUT2D eigenvalue weighted by molar-refractivity contribution is -0.139. The number of piperidine rings is 1. The fourth-order valence-corrected chi connectivity index (χ4v) is 4.29. The monoisotopic (exact) mass is 395 g/mol. The quantitative estimate of drug-likeness (QED) is 0.790. The third kappa shape index (κ3) is 5.96. The first kappa shape index (κ1) is 23.0. The molecule has 0 aliphatic carbocycles. The Morgan fingerprint density at radius 1 is 1.12 bits per heavy atom. The lowest BCUT2D eigenvalue weighted by atomic mass is 9.87. The number of likely N-dealkylation sites (tertiary alicyclic amines) is 1. The molecule has 0 spiro atoms. The summed E-state index contributed by atoms with van der Waals surface area (Å²) >= 11 is 0. The average Bonchev–Trinajstić information content (AvgIpc) is 2.44. The van der Waals surface area contributed by atoms with Gasteiger partial charge in [-0.05, 0) is 51.6 Å². The van der Waals surface area contributed by atoms with Crippen LogP contribution in [0.2, 0.25) is 0 Å². The Morgan fingerprint density at radius 3 is 2.16 bits per heavy atom. The highest BCUT2D eigenvalue weighted by Crippen LogP contribution is 2.24. The Balaban J connectivity index is 0.00000156. The molecule has 1 N–H and O–H groups in total. The van der Waals surface area contributed by atoms with Crippen LogP contribution in [-0.4, -0.2) is 73.7 Å². The Morgan fingerprint density at radius 2 is 1.68 bits per heavy atom. The second kappa shape index (κ2) is 10.3. The number of carbonyl (C=O) groups is 1. The highest BCUT2D eigenvalue weighted by Gasteiger charge is 2.33. The van der Waals surface area contributed by atoms with Crippen molar-refractivity contribution in [2.75, 3.05) is 45.8 Å².